The lowest BCUT2D eigenvalue weighted by atomic mass is 10.2. The number of anilines is 2. The van der Waals surface area contributed by atoms with Gasteiger partial charge in [-0.2, -0.15) is 0 Å². The largest absolute Gasteiger partial charge is 0.378 e. The maximum absolute atomic E-state index is 12.2. The quantitative estimate of drug-likeness (QED) is 0.392. The van der Waals surface area contributed by atoms with Gasteiger partial charge in [-0.25, -0.2) is 4.79 Å². The SMILES string of the molecule is O=C(NCCNc1ccccc1[N+](=O)[O-])c1ccc(N2CCNC2=O)cc1. The molecule has 27 heavy (non-hydrogen) atoms. The molecule has 0 aliphatic carbocycles. The van der Waals surface area contributed by atoms with Crippen LogP contribution in [0.15, 0.2) is 48.5 Å². The number of nitro benzene ring substituents is 1. The molecule has 3 amide bonds. The summed E-state index contributed by atoms with van der Waals surface area (Å²) in [6.07, 6.45) is 0. The Bertz CT molecular complexity index is 853. The number of carbonyl (C=O) groups is 2. The van der Waals surface area contributed by atoms with Gasteiger partial charge < -0.3 is 16.0 Å². The van der Waals surface area contributed by atoms with E-state index < -0.39 is 4.92 Å². The molecule has 3 N–H and O–H groups in total. The van der Waals surface area contributed by atoms with E-state index in [-0.39, 0.29) is 17.6 Å². The van der Waals surface area contributed by atoms with Crippen LogP contribution < -0.4 is 20.9 Å². The molecule has 140 valence electrons. The molecule has 9 heteroatoms. The highest BCUT2D eigenvalue weighted by molar-refractivity contribution is 5.97. The van der Waals surface area contributed by atoms with Crippen LogP contribution in [-0.2, 0) is 0 Å². The molecule has 0 atom stereocenters. The molecule has 1 aliphatic heterocycles. The third-order valence-electron chi connectivity index (χ3n) is 4.12. The number of amides is 3. The maximum Gasteiger partial charge on any atom is 0.321 e. The maximum atomic E-state index is 12.2. The number of nitro groups is 1. The van der Waals surface area contributed by atoms with Crippen LogP contribution in [0.5, 0.6) is 0 Å². The molecular weight excluding hydrogens is 350 g/mol. The molecule has 0 saturated carbocycles. The Labute approximate surface area is 155 Å². The fraction of sp³-hybridized carbons (Fsp3) is 0.222. The van der Waals surface area contributed by atoms with Crippen molar-refractivity contribution in [3.8, 4) is 0 Å². The molecule has 1 fully saturated rings. The minimum absolute atomic E-state index is 0.00892. The van der Waals surface area contributed by atoms with Gasteiger partial charge in [0.1, 0.15) is 5.69 Å². The molecule has 1 aliphatic rings. The van der Waals surface area contributed by atoms with Gasteiger partial charge in [-0.1, -0.05) is 12.1 Å². The van der Waals surface area contributed by atoms with Crippen LogP contribution in [0.2, 0.25) is 0 Å². The molecule has 9 nitrogen and oxygen atoms in total. The van der Waals surface area contributed by atoms with E-state index >= 15 is 0 Å². The van der Waals surface area contributed by atoms with Crippen LogP contribution in [0.1, 0.15) is 10.4 Å². The molecular formula is C18H19N5O4. The third-order valence-corrected chi connectivity index (χ3v) is 4.12. The second-order valence-corrected chi connectivity index (χ2v) is 5.89. The number of hydrogen-bond donors (Lipinski definition) is 3. The van der Waals surface area contributed by atoms with Gasteiger partial charge in [0, 0.05) is 43.5 Å². The lowest BCUT2D eigenvalue weighted by Crippen LogP contribution is -2.29. The summed E-state index contributed by atoms with van der Waals surface area (Å²) in [5.41, 5.74) is 1.61. The van der Waals surface area contributed by atoms with Crippen LogP contribution in [0.4, 0.5) is 21.9 Å². The van der Waals surface area contributed by atoms with E-state index in [2.05, 4.69) is 16.0 Å². The Balaban J connectivity index is 1.50. The molecule has 1 saturated heterocycles. The smallest absolute Gasteiger partial charge is 0.321 e. The van der Waals surface area contributed by atoms with Gasteiger partial charge in [-0.3, -0.25) is 19.8 Å². The second kappa shape index (κ2) is 8.17. The van der Waals surface area contributed by atoms with Crippen molar-refractivity contribution in [2.45, 2.75) is 0 Å². The van der Waals surface area contributed by atoms with Crippen LogP contribution in [0.25, 0.3) is 0 Å². The van der Waals surface area contributed by atoms with E-state index in [1.807, 2.05) is 0 Å². The monoisotopic (exact) mass is 369 g/mol. The summed E-state index contributed by atoms with van der Waals surface area (Å²) in [5, 5.41) is 19.4. The van der Waals surface area contributed by atoms with Gasteiger partial charge in [-0.05, 0) is 30.3 Å². The Morgan fingerprint density at radius 1 is 1.15 bits per heavy atom. The first-order chi connectivity index (χ1) is 13.1. The molecule has 0 bridgehead atoms. The number of para-hydroxylation sites is 2. The van der Waals surface area contributed by atoms with E-state index in [9.17, 15) is 19.7 Å². The Morgan fingerprint density at radius 3 is 2.56 bits per heavy atom. The van der Waals surface area contributed by atoms with E-state index in [0.29, 0.717) is 37.4 Å². The van der Waals surface area contributed by atoms with Crippen molar-refractivity contribution in [3.05, 3.63) is 64.2 Å². The van der Waals surface area contributed by atoms with E-state index in [1.54, 1.807) is 47.4 Å². The molecule has 2 aromatic rings. The standard InChI is InChI=1S/C18H19N5O4/c24-17(13-5-7-14(8-6-13)22-12-11-21-18(22)25)20-10-9-19-15-3-1-2-4-16(15)23(26)27/h1-8,19H,9-12H2,(H,20,24)(H,21,25). The third kappa shape index (κ3) is 4.32. The topological polar surface area (TPSA) is 117 Å². The average Bonchev–Trinajstić information content (AvgIpc) is 3.11. The summed E-state index contributed by atoms with van der Waals surface area (Å²) in [5.74, 6) is -0.253. The van der Waals surface area contributed by atoms with Crippen LogP contribution >= 0.6 is 0 Å². The fourth-order valence-corrected chi connectivity index (χ4v) is 2.77. The first kappa shape index (κ1) is 18.2. The highest BCUT2D eigenvalue weighted by Crippen LogP contribution is 2.22. The predicted octanol–water partition coefficient (Wildman–Crippen LogP) is 1.97. The first-order valence-corrected chi connectivity index (χ1v) is 8.47. The molecule has 0 aromatic heterocycles. The van der Waals surface area contributed by atoms with Crippen molar-refractivity contribution in [1.82, 2.24) is 10.6 Å². The number of rotatable bonds is 7. The summed E-state index contributed by atoms with van der Waals surface area (Å²) in [6, 6.07) is 13.0. The zero-order valence-corrected chi connectivity index (χ0v) is 14.5. The summed E-state index contributed by atoms with van der Waals surface area (Å²) in [4.78, 5) is 35.9. The normalized spacial score (nSPS) is 13.2. The lowest BCUT2D eigenvalue weighted by Gasteiger charge is -2.14. The van der Waals surface area contributed by atoms with Gasteiger partial charge in [0.2, 0.25) is 0 Å². The second-order valence-electron chi connectivity index (χ2n) is 5.89. The Hall–Kier alpha value is -3.62. The lowest BCUT2D eigenvalue weighted by molar-refractivity contribution is -0.384. The molecule has 0 spiro atoms. The van der Waals surface area contributed by atoms with Gasteiger partial charge in [-0.15, -0.1) is 0 Å². The summed E-state index contributed by atoms with van der Waals surface area (Å²) in [6.45, 7) is 1.86. The van der Waals surface area contributed by atoms with Crippen LogP contribution in [-0.4, -0.2) is 43.0 Å². The highest BCUT2D eigenvalue weighted by atomic mass is 16.6. The Morgan fingerprint density at radius 2 is 1.89 bits per heavy atom. The summed E-state index contributed by atoms with van der Waals surface area (Å²) >= 11 is 0. The number of urea groups is 1. The van der Waals surface area contributed by atoms with Gasteiger partial charge >= 0.3 is 6.03 Å². The molecule has 3 rings (SSSR count). The summed E-state index contributed by atoms with van der Waals surface area (Å²) in [7, 11) is 0. The molecule has 2 aromatic carbocycles. The van der Waals surface area contributed by atoms with Crippen LogP contribution in [0, 0.1) is 10.1 Å². The van der Waals surface area contributed by atoms with Crippen molar-refractivity contribution in [1.29, 1.82) is 0 Å². The number of benzene rings is 2. The first-order valence-electron chi connectivity index (χ1n) is 8.47. The zero-order chi connectivity index (χ0) is 19.2. The Kier molecular flexibility index (Phi) is 5.50. The van der Waals surface area contributed by atoms with Gasteiger partial charge in [0.25, 0.3) is 11.6 Å². The minimum atomic E-state index is -0.455. The number of carbonyl (C=O) groups excluding carboxylic acids is 2. The number of nitrogens with one attached hydrogen (secondary N) is 3. The van der Waals surface area contributed by atoms with Crippen molar-refractivity contribution >= 4 is 29.0 Å². The molecule has 0 unspecified atom stereocenters. The van der Waals surface area contributed by atoms with Gasteiger partial charge in [0.05, 0.1) is 4.92 Å². The van der Waals surface area contributed by atoms with Crippen molar-refractivity contribution < 1.29 is 14.5 Å². The van der Waals surface area contributed by atoms with Crippen LogP contribution in [0.3, 0.4) is 0 Å². The zero-order valence-electron chi connectivity index (χ0n) is 14.5. The van der Waals surface area contributed by atoms with E-state index in [0.717, 1.165) is 5.69 Å². The van der Waals surface area contributed by atoms with Crippen molar-refractivity contribution in [2.75, 3.05) is 36.4 Å². The van der Waals surface area contributed by atoms with Gasteiger partial charge in [0.15, 0.2) is 0 Å². The minimum Gasteiger partial charge on any atom is -0.378 e. The number of hydrogen-bond acceptors (Lipinski definition) is 5. The van der Waals surface area contributed by atoms with Crippen molar-refractivity contribution in [3.63, 3.8) is 0 Å². The highest BCUT2D eigenvalue weighted by Gasteiger charge is 2.21. The summed E-state index contributed by atoms with van der Waals surface area (Å²) < 4.78 is 0. The fourth-order valence-electron chi connectivity index (χ4n) is 2.77. The molecule has 0 radical (unpaired) electrons. The van der Waals surface area contributed by atoms with E-state index in [1.165, 1.54) is 6.07 Å². The number of nitrogens with zero attached hydrogens (tertiary/aromatic N) is 2. The molecule has 1 heterocycles. The van der Waals surface area contributed by atoms with Crippen molar-refractivity contribution in [2.24, 2.45) is 0 Å². The van der Waals surface area contributed by atoms with E-state index in [4.69, 9.17) is 0 Å². The average molecular weight is 369 g/mol. The predicted molar refractivity (Wildman–Crippen MR) is 101 cm³/mol.